The van der Waals surface area contributed by atoms with Gasteiger partial charge in [-0.3, -0.25) is 4.79 Å². The molecular formula is C25H38O. The van der Waals surface area contributed by atoms with E-state index in [1.807, 2.05) is 6.08 Å². The van der Waals surface area contributed by atoms with Crippen LogP contribution in [0, 0.1) is 40.4 Å². The zero-order valence-corrected chi connectivity index (χ0v) is 17.6. The highest BCUT2D eigenvalue weighted by atomic mass is 16.1. The van der Waals surface area contributed by atoms with E-state index >= 15 is 0 Å². The third-order valence-corrected chi connectivity index (χ3v) is 9.62. The molecule has 0 radical (unpaired) electrons. The van der Waals surface area contributed by atoms with E-state index in [9.17, 15) is 4.79 Å². The van der Waals surface area contributed by atoms with Gasteiger partial charge in [0, 0.05) is 6.42 Å². The molecule has 0 spiro atoms. The predicted octanol–water partition coefficient (Wildman–Crippen LogP) is 6.74. The number of fused-ring (bicyclic) bond motifs is 5. The Hall–Kier alpha value is -0.850. The van der Waals surface area contributed by atoms with Crippen molar-refractivity contribution in [3.05, 3.63) is 23.3 Å². The van der Waals surface area contributed by atoms with Gasteiger partial charge < -0.3 is 0 Å². The smallest absolute Gasteiger partial charge is 0.156 e. The Balaban J connectivity index is 1.71. The van der Waals surface area contributed by atoms with Crippen LogP contribution in [0.4, 0.5) is 0 Å². The number of allylic oxidation sites excluding steroid dienone is 3. The molecule has 26 heavy (non-hydrogen) atoms. The lowest BCUT2D eigenvalue weighted by molar-refractivity contribution is -0.117. The van der Waals surface area contributed by atoms with E-state index in [2.05, 4.69) is 40.7 Å². The first-order valence-corrected chi connectivity index (χ1v) is 11.3. The van der Waals surface area contributed by atoms with E-state index in [-0.39, 0.29) is 5.41 Å². The molecule has 0 aromatic rings. The molecule has 4 aliphatic carbocycles. The summed E-state index contributed by atoms with van der Waals surface area (Å²) in [6.45, 7) is 12.2. The molecule has 0 aliphatic heterocycles. The van der Waals surface area contributed by atoms with E-state index in [0.717, 1.165) is 42.4 Å². The molecule has 0 aromatic heterocycles. The maximum atomic E-state index is 12.2. The quantitative estimate of drug-likeness (QED) is 0.537. The molecule has 3 saturated carbocycles. The Morgan fingerprint density at radius 2 is 1.96 bits per heavy atom. The summed E-state index contributed by atoms with van der Waals surface area (Å²) in [5.41, 5.74) is 3.71. The van der Waals surface area contributed by atoms with Crippen LogP contribution in [0.1, 0.15) is 86.0 Å². The predicted molar refractivity (Wildman–Crippen MR) is 109 cm³/mol. The van der Waals surface area contributed by atoms with Gasteiger partial charge in [-0.15, -0.1) is 0 Å². The van der Waals surface area contributed by atoms with Crippen LogP contribution >= 0.6 is 0 Å². The van der Waals surface area contributed by atoms with Gasteiger partial charge in [-0.05, 0) is 103 Å². The molecule has 0 N–H and O–H groups in total. The second kappa shape index (κ2) is 6.35. The Kier molecular flexibility index (Phi) is 4.52. The lowest BCUT2D eigenvalue weighted by atomic mass is 9.45. The van der Waals surface area contributed by atoms with Crippen LogP contribution in [0.15, 0.2) is 23.3 Å². The fourth-order valence-corrected chi connectivity index (χ4v) is 8.02. The number of carbonyl (C=O) groups is 1. The highest BCUT2D eigenvalue weighted by Crippen LogP contribution is 2.68. The zero-order valence-electron chi connectivity index (χ0n) is 17.6. The van der Waals surface area contributed by atoms with Crippen LogP contribution in [-0.4, -0.2) is 5.78 Å². The number of hydrogen-bond donors (Lipinski definition) is 0. The third-order valence-electron chi connectivity index (χ3n) is 9.62. The van der Waals surface area contributed by atoms with Gasteiger partial charge >= 0.3 is 0 Å². The van der Waals surface area contributed by atoms with Crippen LogP contribution < -0.4 is 0 Å². The van der Waals surface area contributed by atoms with Crippen molar-refractivity contribution in [2.75, 3.05) is 0 Å². The highest BCUT2D eigenvalue weighted by molar-refractivity contribution is 5.92. The summed E-state index contributed by atoms with van der Waals surface area (Å²) in [6.07, 6.45) is 14.4. The van der Waals surface area contributed by atoms with Gasteiger partial charge in [-0.1, -0.05) is 40.2 Å². The first kappa shape index (κ1) is 18.5. The summed E-state index contributed by atoms with van der Waals surface area (Å²) in [5, 5.41) is 0. The lowest BCUT2D eigenvalue weighted by Crippen LogP contribution is -2.51. The highest BCUT2D eigenvalue weighted by Gasteiger charge is 2.60. The van der Waals surface area contributed by atoms with Crippen molar-refractivity contribution in [3.8, 4) is 0 Å². The monoisotopic (exact) mass is 354 g/mol. The Morgan fingerprint density at radius 3 is 2.65 bits per heavy atom. The van der Waals surface area contributed by atoms with Gasteiger partial charge in [-0.25, -0.2) is 0 Å². The Morgan fingerprint density at radius 1 is 1.19 bits per heavy atom. The molecule has 0 saturated heterocycles. The van der Waals surface area contributed by atoms with Crippen molar-refractivity contribution in [1.29, 1.82) is 0 Å². The van der Waals surface area contributed by atoms with Crippen molar-refractivity contribution in [2.45, 2.75) is 86.0 Å². The van der Waals surface area contributed by atoms with Crippen LogP contribution in [0.5, 0.6) is 0 Å². The van der Waals surface area contributed by atoms with Gasteiger partial charge in [0.25, 0.3) is 0 Å². The van der Waals surface area contributed by atoms with E-state index in [0.29, 0.717) is 11.2 Å². The first-order chi connectivity index (χ1) is 12.3. The van der Waals surface area contributed by atoms with Crippen LogP contribution in [0.3, 0.4) is 0 Å². The third kappa shape index (κ3) is 2.45. The van der Waals surface area contributed by atoms with Crippen LogP contribution in [0.25, 0.3) is 0 Å². The van der Waals surface area contributed by atoms with E-state index < -0.39 is 0 Å². The molecule has 0 aromatic carbocycles. The molecule has 4 unspecified atom stereocenters. The summed E-state index contributed by atoms with van der Waals surface area (Å²) in [7, 11) is 0. The van der Waals surface area contributed by atoms with Crippen LogP contribution in [0.2, 0.25) is 0 Å². The Bertz CT molecular complexity index is 655. The molecule has 0 bridgehead atoms. The van der Waals surface area contributed by atoms with E-state index in [1.165, 1.54) is 49.7 Å². The minimum Gasteiger partial charge on any atom is -0.295 e. The topological polar surface area (TPSA) is 17.1 Å². The fraction of sp³-hybridized carbons (Fsp3) is 0.800. The number of carbonyl (C=O) groups excluding carboxylic acids is 1. The summed E-state index contributed by atoms with van der Waals surface area (Å²) < 4.78 is 0. The lowest BCUT2D eigenvalue weighted by Gasteiger charge is -2.59. The van der Waals surface area contributed by atoms with Gasteiger partial charge in [0.1, 0.15) is 0 Å². The fourth-order valence-electron chi connectivity index (χ4n) is 8.02. The van der Waals surface area contributed by atoms with Gasteiger partial charge in [0.05, 0.1) is 0 Å². The van der Waals surface area contributed by atoms with Crippen molar-refractivity contribution in [2.24, 2.45) is 40.4 Å². The first-order valence-electron chi connectivity index (χ1n) is 11.3. The maximum absolute atomic E-state index is 12.2. The summed E-state index contributed by atoms with van der Waals surface area (Å²) >= 11 is 0. The number of hydrogen-bond acceptors (Lipinski definition) is 1. The van der Waals surface area contributed by atoms with Crippen LogP contribution in [-0.2, 0) is 4.79 Å². The molecule has 4 rings (SSSR count). The average Bonchev–Trinajstić information content (AvgIpc) is 2.98. The van der Waals surface area contributed by atoms with Crippen molar-refractivity contribution < 1.29 is 4.79 Å². The molecule has 0 amide bonds. The molecular weight excluding hydrogens is 316 g/mol. The largest absolute Gasteiger partial charge is 0.295 e. The second-order valence-corrected chi connectivity index (χ2v) is 10.5. The molecule has 7 atom stereocenters. The number of ketones is 1. The molecule has 1 nitrogen and oxygen atoms in total. The van der Waals surface area contributed by atoms with Gasteiger partial charge in [-0.2, -0.15) is 0 Å². The van der Waals surface area contributed by atoms with Gasteiger partial charge in [0.15, 0.2) is 5.78 Å². The zero-order chi connectivity index (χ0) is 18.7. The molecule has 4 aliphatic rings. The molecule has 3 fully saturated rings. The standard InChI is InChI=1S/C25H38O/c1-6-16(3)20-8-9-21-19-14-17(7-2)23-15-18(26)10-12-25(23,5)22(19)11-13-24(20,21)4/h7,15-16,19-22H,6,8-14H2,1-5H3/b17-7-/t16-,19?,20?,21?,22?,24-,25-/m1/s1. The van der Waals surface area contributed by atoms with Crippen molar-refractivity contribution in [1.82, 2.24) is 0 Å². The van der Waals surface area contributed by atoms with Crippen molar-refractivity contribution in [3.63, 3.8) is 0 Å². The van der Waals surface area contributed by atoms with Gasteiger partial charge in [0.2, 0.25) is 0 Å². The molecule has 1 heteroatoms. The molecule has 144 valence electrons. The summed E-state index contributed by atoms with van der Waals surface area (Å²) in [6, 6.07) is 0. The maximum Gasteiger partial charge on any atom is 0.156 e. The second-order valence-electron chi connectivity index (χ2n) is 10.5. The molecule has 0 heterocycles. The van der Waals surface area contributed by atoms with E-state index in [1.54, 1.807) is 0 Å². The normalized spacial score (nSPS) is 47.8. The minimum absolute atomic E-state index is 0.245. The SMILES string of the molecule is C/C=C1/CC2C3CCC([C@H](C)CC)[C@@]3(C)CCC2[C@@]2(C)CCC(=O)C=C12. The average molecular weight is 355 g/mol. The Labute approximate surface area is 160 Å². The van der Waals surface area contributed by atoms with E-state index in [4.69, 9.17) is 0 Å². The minimum atomic E-state index is 0.245. The summed E-state index contributed by atoms with van der Waals surface area (Å²) in [5.74, 6) is 4.67. The summed E-state index contributed by atoms with van der Waals surface area (Å²) in [4.78, 5) is 12.2. The van der Waals surface area contributed by atoms with Crippen molar-refractivity contribution >= 4 is 5.78 Å². The number of rotatable bonds is 2.